The Morgan fingerprint density at radius 1 is 0.513 bits per heavy atom. The number of rotatable bonds is 10. The van der Waals surface area contributed by atoms with Gasteiger partial charge in [-0.1, -0.05) is 104 Å². The van der Waals surface area contributed by atoms with Gasteiger partial charge in [0.15, 0.2) is 11.6 Å². The van der Waals surface area contributed by atoms with Crippen molar-refractivity contribution in [2.24, 2.45) is 42.3 Å². The number of nitrogens with zero attached hydrogens (tertiary/aromatic N) is 10. The molecule has 0 unspecified atom stereocenters. The maximum atomic E-state index is 12.1. The summed E-state index contributed by atoms with van der Waals surface area (Å²) < 4.78 is 6.52. The van der Waals surface area contributed by atoms with Crippen LogP contribution in [0.2, 0.25) is 0 Å². The van der Waals surface area contributed by atoms with Crippen LogP contribution in [0, 0.1) is 40.5 Å². The largest absolute Gasteiger partial charge is 0.397 e. The molecule has 0 aliphatic carbocycles. The first kappa shape index (κ1) is 68.1. The van der Waals surface area contributed by atoms with Crippen LogP contribution in [-0.4, -0.2) is 87.7 Å². The highest BCUT2D eigenvalue weighted by Crippen LogP contribution is 2.33. The highest BCUT2D eigenvalue weighted by molar-refractivity contribution is 6.78. The van der Waals surface area contributed by atoms with Gasteiger partial charge < -0.3 is 38.5 Å². The van der Waals surface area contributed by atoms with Gasteiger partial charge in [0, 0.05) is 99.0 Å². The Hall–Kier alpha value is -5.91. The molecule has 26 nitrogen and oxygen atoms in total. The summed E-state index contributed by atoms with van der Waals surface area (Å²) in [6, 6.07) is 8.00. The number of halogens is 10. The molecule has 76 heavy (non-hydrogen) atoms. The lowest BCUT2D eigenvalue weighted by molar-refractivity contribution is -0.385. The van der Waals surface area contributed by atoms with E-state index in [1.165, 1.54) is 78.6 Å². The number of amides is 1. The molecule has 0 aliphatic heterocycles. The second kappa shape index (κ2) is 29.0. The van der Waals surface area contributed by atoms with Gasteiger partial charge in [-0.05, 0) is 12.1 Å². The summed E-state index contributed by atoms with van der Waals surface area (Å²) in [5.74, 6) is -2.16. The van der Waals surface area contributed by atoms with Crippen LogP contribution in [-0.2, 0) is 46.6 Å². The second-order valence-electron chi connectivity index (χ2n) is 14.9. The number of aromatic nitrogens is 6. The Kier molecular flexibility index (Phi) is 26.0. The van der Waals surface area contributed by atoms with Crippen molar-refractivity contribution in [3.8, 4) is 0 Å². The molecule has 6 aromatic rings. The highest BCUT2D eigenvalue weighted by Gasteiger charge is 2.36. The van der Waals surface area contributed by atoms with Crippen molar-refractivity contribution in [1.29, 1.82) is 0 Å². The summed E-state index contributed by atoms with van der Waals surface area (Å²) in [6.45, 7) is 2.95. The van der Waals surface area contributed by atoms with E-state index in [9.17, 15) is 64.4 Å². The van der Waals surface area contributed by atoms with Gasteiger partial charge in [-0.15, -0.1) is 0 Å². The van der Waals surface area contributed by atoms with Gasteiger partial charge in [0.1, 0.15) is 5.69 Å². The molecule has 0 radical (unpaired) electrons. The van der Waals surface area contributed by atoms with Crippen molar-refractivity contribution in [2.45, 2.75) is 25.4 Å². The molecular weight excluding hydrogens is 1230 g/mol. The van der Waals surface area contributed by atoms with Gasteiger partial charge >= 0.3 is 3.98 Å². The van der Waals surface area contributed by atoms with E-state index in [-0.39, 0.29) is 51.4 Å². The van der Waals surface area contributed by atoms with E-state index in [1.807, 2.05) is 0 Å². The molecule has 0 aromatic carbocycles. The molecule has 6 rings (SSSR count). The Balaban J connectivity index is 0.000000475. The minimum absolute atomic E-state index is 0.0262. The summed E-state index contributed by atoms with van der Waals surface area (Å²) in [6.07, 6.45) is 10.0. The SMILES string of the molecule is CC(=O)c1cc(N)cn1C.CC(=O)c1cc(NC(=O)c2cc([N+](=O)[O-])cn2C)cn1C.ClOC(Cl)(Cl)Cl.Cn1cc([N+](=O)[O-])cc1C(=O)C(Cl)(Cl)Cl.Cn1cc([N+](=O)[O-])cc1C(=O)C(Cl)(Cl)Cl.Cn1ccc([N+](=O)[O-])c1. The van der Waals surface area contributed by atoms with Crippen molar-refractivity contribution < 1.29 is 48.0 Å². The molecule has 0 spiro atoms. The number of hydrogen-bond donors (Lipinski definition) is 2. The van der Waals surface area contributed by atoms with Gasteiger partial charge in [-0.25, -0.2) is 4.29 Å². The smallest absolute Gasteiger partial charge is 0.313 e. The van der Waals surface area contributed by atoms with Crippen molar-refractivity contribution in [3.63, 3.8) is 0 Å². The minimum atomic E-state index is -2.11. The number of nitro groups is 4. The lowest BCUT2D eigenvalue weighted by Gasteiger charge is -2.08. The number of carbonyl (C=O) groups excluding carboxylic acids is 5. The van der Waals surface area contributed by atoms with E-state index < -0.39 is 48.7 Å². The zero-order chi connectivity index (χ0) is 59.1. The molecule has 414 valence electrons. The lowest BCUT2D eigenvalue weighted by Crippen LogP contribution is -2.21. The number of anilines is 2. The van der Waals surface area contributed by atoms with E-state index in [0.717, 1.165) is 12.1 Å². The van der Waals surface area contributed by atoms with Crippen LogP contribution in [0.1, 0.15) is 66.3 Å². The summed E-state index contributed by atoms with van der Waals surface area (Å²) in [5.41, 5.74) is 7.28. The van der Waals surface area contributed by atoms with Crippen LogP contribution in [0.4, 0.5) is 34.1 Å². The number of ketones is 4. The van der Waals surface area contributed by atoms with E-state index in [0.29, 0.717) is 22.8 Å². The minimum Gasteiger partial charge on any atom is -0.397 e. The molecule has 6 aromatic heterocycles. The van der Waals surface area contributed by atoms with Crippen LogP contribution in [0.3, 0.4) is 0 Å². The zero-order valence-corrected chi connectivity index (χ0v) is 47.6. The summed E-state index contributed by atoms with van der Waals surface area (Å²) in [5, 5.41) is 44.1. The zero-order valence-electron chi connectivity index (χ0n) is 40.1. The quantitative estimate of drug-likeness (QED) is 0.0557. The van der Waals surface area contributed by atoms with Crippen LogP contribution in [0.25, 0.3) is 0 Å². The molecular formula is C40H40Cl10N12O14. The van der Waals surface area contributed by atoms with Gasteiger partial charge in [0.25, 0.3) is 36.2 Å². The third-order valence-corrected chi connectivity index (χ3v) is 10.7. The third kappa shape index (κ3) is 22.0. The van der Waals surface area contributed by atoms with E-state index in [4.69, 9.17) is 110 Å². The first-order valence-electron chi connectivity index (χ1n) is 19.8. The molecule has 6 heterocycles. The number of carbonyl (C=O) groups is 5. The standard InChI is InChI=1S/C13H14N4O4.2C7H5Cl3N2O3.C7H10N2O.C5H6N2O2.CCl4O/c1-8(18)11-4-9(6-15(11)2)14-13(19)12-5-10(17(20)21)7-16(12)3;2*1-11-3-4(12(14)15)2-5(11)6(13)7(8,9)10;1-5(10)7-3-6(8)4-9(7)2;1-6-3-2-5(4-6)7(8)9;2-1(3,4)6-5/h4-7H,1-3H3,(H,14,19);2*2-3H,1H3;3-4H,8H2,1-2H3;2-4H,1H3;. The lowest BCUT2D eigenvalue weighted by atomic mass is 10.3. The monoisotopic (exact) mass is 1260 g/mol. The topological polar surface area (TPSA) is 335 Å². The van der Waals surface area contributed by atoms with Crippen LogP contribution in [0.15, 0.2) is 79.8 Å². The van der Waals surface area contributed by atoms with E-state index >= 15 is 0 Å². The summed E-state index contributed by atoms with van der Waals surface area (Å²) >= 11 is 51.5. The van der Waals surface area contributed by atoms with Gasteiger partial charge in [-0.3, -0.25) is 64.4 Å². The molecule has 0 fully saturated rings. The second-order valence-corrected chi connectivity index (χ2v) is 21.8. The summed E-state index contributed by atoms with van der Waals surface area (Å²) in [4.78, 5) is 96.5. The van der Waals surface area contributed by atoms with Crippen molar-refractivity contribution in [2.75, 3.05) is 11.1 Å². The Morgan fingerprint density at radius 2 is 0.842 bits per heavy atom. The summed E-state index contributed by atoms with van der Waals surface area (Å²) in [7, 11) is 9.70. The molecule has 0 saturated heterocycles. The molecule has 36 heteroatoms. The molecule has 0 bridgehead atoms. The van der Waals surface area contributed by atoms with E-state index in [2.05, 4.69) is 21.5 Å². The molecule has 0 atom stereocenters. The Morgan fingerprint density at radius 3 is 1.08 bits per heavy atom. The number of nitrogen functional groups attached to an aromatic ring is 1. The van der Waals surface area contributed by atoms with Crippen LogP contribution >= 0.6 is 116 Å². The highest BCUT2D eigenvalue weighted by atomic mass is 35.6. The fourth-order valence-electron chi connectivity index (χ4n) is 5.62. The number of Topliss-reactive ketones (excluding diaryl/α,β-unsaturated/α-hetero) is 4. The van der Waals surface area contributed by atoms with E-state index in [1.54, 1.807) is 72.6 Å². The van der Waals surface area contributed by atoms with Crippen molar-refractivity contribution in [1.82, 2.24) is 27.4 Å². The number of hydrogen-bond acceptors (Lipinski definition) is 15. The average molecular weight is 1270 g/mol. The fourth-order valence-corrected chi connectivity index (χ4v) is 6.20. The molecule has 3 N–H and O–H groups in total. The molecule has 0 aliphatic rings. The first-order chi connectivity index (χ1) is 34.6. The Bertz CT molecular complexity index is 3020. The average Bonchev–Trinajstić information content (AvgIpc) is 4.16. The predicted octanol–water partition coefficient (Wildman–Crippen LogP) is 10.9. The molecule has 0 saturated carbocycles. The van der Waals surface area contributed by atoms with Crippen LogP contribution < -0.4 is 11.1 Å². The number of nitrogens with two attached hydrogens (primary N) is 1. The van der Waals surface area contributed by atoms with Crippen molar-refractivity contribution >= 4 is 179 Å². The number of nitrogens with one attached hydrogen (secondary N) is 1. The molecule has 1 amide bonds. The normalized spacial score (nSPS) is 10.8. The van der Waals surface area contributed by atoms with Crippen molar-refractivity contribution in [3.05, 3.63) is 149 Å². The van der Waals surface area contributed by atoms with Gasteiger partial charge in [0.05, 0.1) is 90.5 Å². The van der Waals surface area contributed by atoms with Crippen LogP contribution in [0.5, 0.6) is 0 Å². The first-order valence-corrected chi connectivity index (χ1v) is 23.5. The Labute approximate surface area is 479 Å². The fraction of sp³-hybridized carbons (Fsp3) is 0.275. The number of alkyl halides is 9. The number of aryl methyl sites for hydroxylation is 6. The van der Waals surface area contributed by atoms with Gasteiger partial charge in [0.2, 0.25) is 11.6 Å². The third-order valence-electron chi connectivity index (χ3n) is 8.94. The predicted molar refractivity (Wildman–Crippen MR) is 288 cm³/mol. The maximum Gasteiger partial charge on any atom is 0.313 e. The maximum absolute atomic E-state index is 12.1. The van der Waals surface area contributed by atoms with Gasteiger partial charge in [-0.2, -0.15) is 0 Å².